The minimum absolute atomic E-state index is 0.0285. The first kappa shape index (κ1) is 32.4. The lowest BCUT2D eigenvalue weighted by atomic mass is 10.0. The van der Waals surface area contributed by atoms with Crippen LogP contribution in [0.5, 0.6) is 0 Å². The van der Waals surface area contributed by atoms with E-state index in [0.717, 1.165) is 19.3 Å². The summed E-state index contributed by atoms with van der Waals surface area (Å²) in [5, 5.41) is 9.69. The molecule has 1 fully saturated rings. The fraction of sp³-hybridized carbons (Fsp3) is 0.375. The fourth-order valence-electron chi connectivity index (χ4n) is 4.75. The number of nitrogens with one attached hydrogen (secondary N) is 2. The van der Waals surface area contributed by atoms with Crippen LogP contribution >= 0.6 is 11.6 Å². The molecule has 4 rings (SSSR count). The molecule has 12 heteroatoms. The maximum absolute atomic E-state index is 13.7. The molecule has 0 spiro atoms. The number of nitrogens with zero attached hydrogens (tertiary/aromatic N) is 3. The highest BCUT2D eigenvalue weighted by Crippen LogP contribution is 2.29. The summed E-state index contributed by atoms with van der Waals surface area (Å²) < 4.78 is 6.59. The molecular weight excluding hydrogens is 586 g/mol. The summed E-state index contributed by atoms with van der Waals surface area (Å²) in [4.78, 5) is 66.3. The molecule has 0 aliphatic carbocycles. The van der Waals surface area contributed by atoms with Crippen molar-refractivity contribution in [1.82, 2.24) is 20.0 Å². The van der Waals surface area contributed by atoms with Crippen LogP contribution in [0.4, 0.5) is 10.5 Å². The van der Waals surface area contributed by atoms with Gasteiger partial charge in [0.1, 0.15) is 5.69 Å². The highest BCUT2D eigenvalue weighted by Gasteiger charge is 2.54. The van der Waals surface area contributed by atoms with Gasteiger partial charge in [-0.25, -0.2) is 14.4 Å². The normalized spacial score (nSPS) is 14.7. The molecule has 4 amide bonds. The summed E-state index contributed by atoms with van der Waals surface area (Å²) >= 11 is 6.42. The number of imide groups is 1. The van der Waals surface area contributed by atoms with Gasteiger partial charge >= 0.3 is 6.09 Å². The Kier molecular flexibility index (Phi) is 10.5. The van der Waals surface area contributed by atoms with Crippen molar-refractivity contribution in [2.75, 3.05) is 11.9 Å². The van der Waals surface area contributed by atoms with Gasteiger partial charge in [0.15, 0.2) is 11.6 Å². The lowest BCUT2D eigenvalue weighted by molar-refractivity contribution is -0.137. The van der Waals surface area contributed by atoms with E-state index in [1.165, 1.54) is 68.3 Å². The number of hydrogen-bond acceptors (Lipinski definition) is 7. The van der Waals surface area contributed by atoms with E-state index >= 15 is 0 Å². The van der Waals surface area contributed by atoms with Crippen LogP contribution < -0.4 is 10.6 Å². The number of rotatable bonds is 14. The van der Waals surface area contributed by atoms with Crippen molar-refractivity contribution in [2.24, 2.45) is 0 Å². The van der Waals surface area contributed by atoms with Gasteiger partial charge in [0.25, 0.3) is 17.7 Å². The molecule has 0 saturated carbocycles. The summed E-state index contributed by atoms with van der Waals surface area (Å²) in [6.45, 7) is 5.42. The molecule has 1 aliphatic rings. The Morgan fingerprint density at radius 3 is 2.34 bits per heavy atom. The third-order valence-electron chi connectivity index (χ3n) is 7.20. The second-order valence-electron chi connectivity index (χ2n) is 11.0. The lowest BCUT2D eigenvalue weighted by Gasteiger charge is -2.22. The quantitative estimate of drug-likeness (QED) is 0.136. The molecule has 1 unspecified atom stereocenters. The average molecular weight is 622 g/mol. The van der Waals surface area contributed by atoms with Gasteiger partial charge in [0.05, 0.1) is 16.4 Å². The maximum Gasteiger partial charge on any atom is 0.418 e. The fourth-order valence-corrected chi connectivity index (χ4v) is 4.98. The van der Waals surface area contributed by atoms with E-state index in [1.54, 1.807) is 24.3 Å². The number of cyclic esters (lactones) is 1. The number of hydrogen-bond donors (Lipinski definition) is 2. The van der Waals surface area contributed by atoms with Crippen LogP contribution in [-0.2, 0) is 14.3 Å². The van der Waals surface area contributed by atoms with Crippen LogP contribution in [0.3, 0.4) is 0 Å². The number of Topliss-reactive ketones (excluding diaryl/α,β-unsaturated/α-hetero) is 1. The number of anilines is 1. The number of amides is 4. The number of ether oxygens (including phenoxy) is 1. The molecule has 0 bridgehead atoms. The SMILES string of the molecule is CCCCCCCCNC(=O)c1ccc(NC(=O)C(C(=O)c2ccn(-c3ccccc3)n2)N2C(=O)OC(C)(C)C2=O)c(Cl)c1. The predicted molar refractivity (Wildman–Crippen MR) is 165 cm³/mol. The van der Waals surface area contributed by atoms with Crippen LogP contribution in [0.2, 0.25) is 5.02 Å². The first-order valence-electron chi connectivity index (χ1n) is 14.6. The van der Waals surface area contributed by atoms with E-state index in [9.17, 15) is 24.0 Å². The smallest absolute Gasteiger partial charge is 0.418 e. The minimum Gasteiger partial charge on any atom is -0.433 e. The minimum atomic E-state index is -1.94. The molecular formula is C32H36ClN5O6. The van der Waals surface area contributed by atoms with E-state index in [2.05, 4.69) is 22.7 Å². The Hall–Kier alpha value is -4.51. The van der Waals surface area contributed by atoms with Gasteiger partial charge in [-0.15, -0.1) is 0 Å². The zero-order chi connectivity index (χ0) is 31.9. The van der Waals surface area contributed by atoms with Crippen LogP contribution in [0.15, 0.2) is 60.8 Å². The molecule has 44 heavy (non-hydrogen) atoms. The van der Waals surface area contributed by atoms with Gasteiger partial charge in [0.2, 0.25) is 5.78 Å². The number of halogens is 1. The standard InChI is InChI=1S/C32H36ClN5O6/c1-4-5-6-7-8-12-18-34-28(40)21-15-16-24(23(33)20-21)35-29(41)26(38-30(42)32(2,3)44-31(38)43)27(39)25-17-19-37(36-25)22-13-10-9-11-14-22/h9-11,13-17,19-20,26H,4-8,12,18H2,1-3H3,(H,34,40)(H,35,41). The third-order valence-corrected chi connectivity index (χ3v) is 7.51. The van der Waals surface area contributed by atoms with Crippen molar-refractivity contribution in [2.45, 2.75) is 70.9 Å². The molecule has 2 N–H and O–H groups in total. The van der Waals surface area contributed by atoms with E-state index in [4.69, 9.17) is 16.3 Å². The topological polar surface area (TPSA) is 140 Å². The Labute approximate surface area is 260 Å². The molecule has 11 nitrogen and oxygen atoms in total. The lowest BCUT2D eigenvalue weighted by Crippen LogP contribution is -2.53. The summed E-state index contributed by atoms with van der Waals surface area (Å²) in [5.74, 6) is -3.08. The summed E-state index contributed by atoms with van der Waals surface area (Å²) in [6.07, 6.45) is 6.97. The molecule has 1 atom stereocenters. The van der Waals surface area contributed by atoms with Crippen LogP contribution in [0.1, 0.15) is 80.1 Å². The summed E-state index contributed by atoms with van der Waals surface area (Å²) in [7, 11) is 0. The highest BCUT2D eigenvalue weighted by molar-refractivity contribution is 6.34. The largest absolute Gasteiger partial charge is 0.433 e. The molecule has 1 aromatic heterocycles. The Balaban J connectivity index is 1.51. The van der Waals surface area contributed by atoms with E-state index < -0.39 is 35.3 Å². The van der Waals surface area contributed by atoms with Crippen molar-refractivity contribution < 1.29 is 28.7 Å². The van der Waals surface area contributed by atoms with Crippen molar-refractivity contribution in [3.8, 4) is 5.69 Å². The van der Waals surface area contributed by atoms with Gasteiger partial charge in [-0.3, -0.25) is 19.2 Å². The van der Waals surface area contributed by atoms with Crippen LogP contribution in [0.25, 0.3) is 5.69 Å². The van der Waals surface area contributed by atoms with Crippen molar-refractivity contribution in [1.29, 1.82) is 0 Å². The van der Waals surface area contributed by atoms with Gasteiger partial charge in [-0.2, -0.15) is 5.10 Å². The Morgan fingerprint density at radius 1 is 0.977 bits per heavy atom. The zero-order valence-corrected chi connectivity index (χ0v) is 25.7. The summed E-state index contributed by atoms with van der Waals surface area (Å²) in [5.41, 5.74) is -0.702. The van der Waals surface area contributed by atoms with Crippen LogP contribution in [0, 0.1) is 0 Å². The second-order valence-corrected chi connectivity index (χ2v) is 11.4. The third kappa shape index (κ3) is 7.52. The van der Waals surface area contributed by atoms with E-state index in [0.29, 0.717) is 17.1 Å². The van der Waals surface area contributed by atoms with E-state index in [1.807, 2.05) is 6.07 Å². The van der Waals surface area contributed by atoms with Crippen molar-refractivity contribution in [3.63, 3.8) is 0 Å². The molecule has 232 valence electrons. The highest BCUT2D eigenvalue weighted by atomic mass is 35.5. The number of carbonyl (C=O) groups excluding carboxylic acids is 5. The monoisotopic (exact) mass is 621 g/mol. The molecule has 2 aromatic carbocycles. The van der Waals surface area contributed by atoms with Gasteiger partial charge in [-0.05, 0) is 56.7 Å². The number of ketones is 1. The first-order chi connectivity index (χ1) is 21.0. The van der Waals surface area contributed by atoms with Gasteiger partial charge < -0.3 is 15.4 Å². The average Bonchev–Trinajstić information content (AvgIpc) is 3.57. The molecule has 1 aliphatic heterocycles. The van der Waals surface area contributed by atoms with Gasteiger partial charge in [0, 0.05) is 18.3 Å². The number of aromatic nitrogens is 2. The number of benzene rings is 2. The number of para-hydroxylation sites is 1. The predicted octanol–water partition coefficient (Wildman–Crippen LogP) is 5.56. The summed E-state index contributed by atoms with van der Waals surface area (Å²) in [6, 6.07) is 12.7. The van der Waals surface area contributed by atoms with Gasteiger partial charge in [-0.1, -0.05) is 68.8 Å². The molecule has 0 radical (unpaired) electrons. The second kappa shape index (κ2) is 14.3. The van der Waals surface area contributed by atoms with Crippen molar-refractivity contribution in [3.05, 3.63) is 77.1 Å². The number of unbranched alkanes of at least 4 members (excludes halogenated alkanes) is 5. The Bertz CT molecular complexity index is 1540. The molecule has 1 saturated heterocycles. The maximum atomic E-state index is 13.7. The van der Waals surface area contributed by atoms with E-state index in [-0.39, 0.29) is 27.9 Å². The molecule has 3 aromatic rings. The molecule has 2 heterocycles. The van der Waals surface area contributed by atoms with Crippen LogP contribution in [-0.4, -0.2) is 62.5 Å². The first-order valence-corrected chi connectivity index (χ1v) is 15.0. The zero-order valence-electron chi connectivity index (χ0n) is 25.0. The Morgan fingerprint density at radius 2 is 1.68 bits per heavy atom. The van der Waals surface area contributed by atoms with Crippen molar-refractivity contribution >= 4 is 46.9 Å². The number of carbonyl (C=O) groups is 5.